The molecule has 0 radical (unpaired) electrons. The molecule has 0 spiro atoms. The van der Waals surface area contributed by atoms with E-state index < -0.39 is 16.1 Å². The third-order valence-electron chi connectivity index (χ3n) is 7.19. The number of anilines is 2. The van der Waals surface area contributed by atoms with Crippen LogP contribution in [0.5, 0.6) is 0 Å². The van der Waals surface area contributed by atoms with E-state index in [2.05, 4.69) is 38.2 Å². The van der Waals surface area contributed by atoms with Crippen molar-refractivity contribution in [2.45, 2.75) is 30.4 Å². The largest absolute Gasteiger partial charge is 0.390 e. The van der Waals surface area contributed by atoms with Gasteiger partial charge in [0.15, 0.2) is 0 Å². The van der Waals surface area contributed by atoms with Gasteiger partial charge in [-0.2, -0.15) is 4.31 Å². The minimum absolute atomic E-state index is 0.0341. The second-order valence-electron chi connectivity index (χ2n) is 9.91. The van der Waals surface area contributed by atoms with Crippen LogP contribution in [0, 0.1) is 6.92 Å². The minimum atomic E-state index is -3.72. The number of aryl methyl sites for hydroxylation is 1. The lowest BCUT2D eigenvalue weighted by atomic mass is 10.0. The second kappa shape index (κ2) is 10.7. The fraction of sp³-hybridized carbons (Fsp3) is 0.407. The van der Waals surface area contributed by atoms with Crippen LogP contribution in [0.4, 0.5) is 11.6 Å². The highest BCUT2D eigenvalue weighted by Crippen LogP contribution is 2.27. The van der Waals surface area contributed by atoms with Crippen molar-refractivity contribution in [3.63, 3.8) is 0 Å². The minimum Gasteiger partial charge on any atom is -0.390 e. The van der Waals surface area contributed by atoms with Crippen molar-refractivity contribution in [1.29, 1.82) is 0 Å². The topological polar surface area (TPSA) is 102 Å². The molecule has 5 rings (SSSR count). The molecule has 10 heteroatoms. The number of rotatable bonds is 6. The first kappa shape index (κ1) is 25.6. The molecule has 2 aromatic heterocycles. The maximum Gasteiger partial charge on any atom is 0.243 e. The number of piperidine rings is 1. The Morgan fingerprint density at radius 1 is 0.946 bits per heavy atom. The highest BCUT2D eigenvalue weighted by Gasteiger charge is 2.35. The van der Waals surface area contributed by atoms with Gasteiger partial charge >= 0.3 is 0 Å². The summed E-state index contributed by atoms with van der Waals surface area (Å²) in [6, 6.07) is 14.5. The number of nitrogens with zero attached hydrogens (tertiary/aromatic N) is 5. The fourth-order valence-electron chi connectivity index (χ4n) is 4.81. The summed E-state index contributed by atoms with van der Waals surface area (Å²) >= 11 is 0. The van der Waals surface area contributed by atoms with Crippen molar-refractivity contribution in [1.82, 2.24) is 19.2 Å². The molecule has 2 saturated heterocycles. The summed E-state index contributed by atoms with van der Waals surface area (Å²) in [5.74, 6) is 1.61. The number of nitrogens with one attached hydrogen (secondary N) is 1. The van der Waals surface area contributed by atoms with Gasteiger partial charge in [-0.15, -0.1) is 0 Å². The van der Waals surface area contributed by atoms with E-state index in [4.69, 9.17) is 0 Å². The molecule has 2 aliphatic heterocycles. The van der Waals surface area contributed by atoms with E-state index in [1.54, 1.807) is 24.5 Å². The van der Waals surface area contributed by atoms with Gasteiger partial charge in [0.25, 0.3) is 0 Å². The Morgan fingerprint density at radius 3 is 2.38 bits per heavy atom. The zero-order valence-electron chi connectivity index (χ0n) is 21.3. The van der Waals surface area contributed by atoms with Crippen molar-refractivity contribution in [3.8, 4) is 11.1 Å². The monoisotopic (exact) mass is 522 g/mol. The molecular weight excluding hydrogens is 488 g/mol. The van der Waals surface area contributed by atoms with E-state index in [0.717, 1.165) is 48.7 Å². The molecule has 2 aliphatic rings. The summed E-state index contributed by atoms with van der Waals surface area (Å²) in [5.41, 5.74) is 2.99. The highest BCUT2D eigenvalue weighted by atomic mass is 32.2. The van der Waals surface area contributed by atoms with Crippen LogP contribution < -0.4 is 10.2 Å². The van der Waals surface area contributed by atoms with Crippen molar-refractivity contribution >= 4 is 21.7 Å². The van der Waals surface area contributed by atoms with Gasteiger partial charge in [0.1, 0.15) is 11.6 Å². The van der Waals surface area contributed by atoms with Crippen LogP contribution in [-0.4, -0.2) is 91.2 Å². The number of pyridine rings is 2. The number of β-amino-alcohol motifs (C(OH)–C–C–N with tert-alkyl or cyclic N) is 1. The summed E-state index contributed by atoms with van der Waals surface area (Å²) in [6.45, 7) is 6.19. The van der Waals surface area contributed by atoms with Crippen molar-refractivity contribution in [2.24, 2.45) is 0 Å². The molecule has 2 atom stereocenters. The zero-order valence-corrected chi connectivity index (χ0v) is 22.1. The Bertz CT molecular complexity index is 1310. The molecular formula is C27H34N6O3S. The molecule has 3 aromatic rings. The van der Waals surface area contributed by atoms with Crippen molar-refractivity contribution in [3.05, 3.63) is 66.5 Å². The number of hydrogen-bond donors (Lipinski definition) is 2. The molecule has 0 bridgehead atoms. The average molecular weight is 523 g/mol. The predicted molar refractivity (Wildman–Crippen MR) is 145 cm³/mol. The van der Waals surface area contributed by atoms with Gasteiger partial charge in [-0.1, -0.05) is 18.2 Å². The van der Waals surface area contributed by atoms with Crippen LogP contribution in [0.3, 0.4) is 0 Å². The molecule has 0 saturated carbocycles. The number of aliphatic hydroxyl groups is 1. The predicted octanol–water partition coefficient (Wildman–Crippen LogP) is 2.44. The summed E-state index contributed by atoms with van der Waals surface area (Å²) < 4.78 is 28.0. The lowest BCUT2D eigenvalue weighted by Crippen LogP contribution is -2.51. The molecule has 1 aromatic carbocycles. The van der Waals surface area contributed by atoms with Gasteiger partial charge in [0, 0.05) is 51.7 Å². The Labute approximate surface area is 218 Å². The molecule has 9 nitrogen and oxygen atoms in total. The number of piperazine rings is 1. The number of aromatic nitrogens is 2. The first-order valence-corrected chi connectivity index (χ1v) is 14.1. The van der Waals surface area contributed by atoms with Gasteiger partial charge in [0.2, 0.25) is 10.0 Å². The lowest BCUT2D eigenvalue weighted by Gasteiger charge is -2.35. The maximum atomic E-state index is 13.3. The summed E-state index contributed by atoms with van der Waals surface area (Å²) in [4.78, 5) is 13.7. The number of aliphatic hydroxyl groups excluding tert-OH is 1. The first-order valence-electron chi connectivity index (χ1n) is 12.7. The number of sulfonamides is 1. The van der Waals surface area contributed by atoms with Crippen LogP contribution in [0.15, 0.2) is 65.8 Å². The van der Waals surface area contributed by atoms with Crippen molar-refractivity contribution < 1.29 is 13.5 Å². The molecule has 4 heterocycles. The third-order valence-corrected chi connectivity index (χ3v) is 9.07. The molecule has 2 fully saturated rings. The standard InChI is InChI=1S/C27H34N6O3S/c1-20-3-8-26(29-18-20)30-24-10-12-33(19-25(24)34)37(35,36)23-6-4-21(5-7-23)22-9-11-28-27(17-22)32-15-13-31(2)14-16-32/h3-9,11,17-18,24-25,34H,10,12-16,19H2,1-2H3,(H,29,30)/t24-,25+/m1/s1. The van der Waals surface area contributed by atoms with Gasteiger partial charge in [-0.3, -0.25) is 0 Å². The molecule has 0 unspecified atom stereocenters. The van der Waals surface area contributed by atoms with Crippen LogP contribution in [-0.2, 0) is 10.0 Å². The molecule has 2 N–H and O–H groups in total. The normalized spacial score (nSPS) is 21.6. The van der Waals surface area contributed by atoms with Gasteiger partial charge < -0.3 is 20.2 Å². The Kier molecular flexibility index (Phi) is 7.43. The fourth-order valence-corrected chi connectivity index (χ4v) is 6.28. The summed E-state index contributed by atoms with van der Waals surface area (Å²) in [7, 11) is -1.60. The highest BCUT2D eigenvalue weighted by molar-refractivity contribution is 7.89. The summed E-state index contributed by atoms with van der Waals surface area (Å²) in [6.07, 6.45) is 3.21. The van der Waals surface area contributed by atoms with Gasteiger partial charge in [0.05, 0.1) is 17.0 Å². The van der Waals surface area contributed by atoms with Gasteiger partial charge in [-0.05, 0) is 67.4 Å². The van der Waals surface area contributed by atoms with Crippen molar-refractivity contribution in [2.75, 3.05) is 56.5 Å². The van der Waals surface area contributed by atoms with Crippen LogP contribution in [0.1, 0.15) is 12.0 Å². The average Bonchev–Trinajstić information content (AvgIpc) is 2.91. The van der Waals surface area contributed by atoms with E-state index >= 15 is 0 Å². The lowest BCUT2D eigenvalue weighted by molar-refractivity contribution is 0.0949. The second-order valence-corrected chi connectivity index (χ2v) is 11.8. The Balaban J connectivity index is 1.25. The quantitative estimate of drug-likeness (QED) is 0.509. The van der Waals surface area contributed by atoms with E-state index in [0.29, 0.717) is 18.8 Å². The van der Waals surface area contributed by atoms with Gasteiger partial charge in [-0.25, -0.2) is 18.4 Å². The molecule has 37 heavy (non-hydrogen) atoms. The van der Waals surface area contributed by atoms with E-state index in [9.17, 15) is 13.5 Å². The Morgan fingerprint density at radius 2 is 1.70 bits per heavy atom. The Hall–Kier alpha value is -3.05. The SMILES string of the molecule is Cc1ccc(N[C@@H]2CCN(S(=O)(=O)c3ccc(-c4ccnc(N5CCN(C)CC5)c4)cc3)C[C@@H]2O)nc1. The first-order chi connectivity index (χ1) is 17.8. The van der Waals surface area contributed by atoms with E-state index in [-0.39, 0.29) is 17.5 Å². The van der Waals surface area contributed by atoms with Crippen LogP contribution in [0.2, 0.25) is 0 Å². The molecule has 0 aliphatic carbocycles. The van der Waals surface area contributed by atoms with Crippen LogP contribution in [0.25, 0.3) is 11.1 Å². The maximum absolute atomic E-state index is 13.3. The number of benzene rings is 1. The summed E-state index contributed by atoms with van der Waals surface area (Å²) in [5, 5.41) is 13.9. The smallest absolute Gasteiger partial charge is 0.243 e. The molecule has 0 amide bonds. The number of hydrogen-bond acceptors (Lipinski definition) is 8. The third kappa shape index (κ3) is 5.77. The van der Waals surface area contributed by atoms with Crippen LogP contribution >= 0.6 is 0 Å². The molecule has 196 valence electrons. The zero-order chi connectivity index (χ0) is 26.0. The van der Waals surface area contributed by atoms with E-state index in [1.165, 1.54) is 4.31 Å². The number of likely N-dealkylation sites (N-methyl/N-ethyl adjacent to an activating group) is 1. The van der Waals surface area contributed by atoms with E-state index in [1.807, 2.05) is 37.3 Å².